The van der Waals surface area contributed by atoms with Gasteiger partial charge in [-0.25, -0.2) is 14.8 Å². The van der Waals surface area contributed by atoms with Gasteiger partial charge in [0.15, 0.2) is 0 Å². The number of anilines is 2. The second-order valence-electron chi connectivity index (χ2n) is 5.84. The number of H-pyrrole nitrogens is 1. The number of aromatic nitrogens is 4. The molecule has 130 valence electrons. The number of pyridine rings is 2. The van der Waals surface area contributed by atoms with Gasteiger partial charge in [-0.1, -0.05) is 0 Å². The Hall–Kier alpha value is -3.68. The van der Waals surface area contributed by atoms with E-state index < -0.39 is 11.2 Å². The number of aromatic amines is 1. The number of hydrogen-bond donors (Lipinski definition) is 2. The maximum absolute atomic E-state index is 11.9. The number of nitrogens with zero attached hydrogens (tertiary/aromatic N) is 3. The fraction of sp³-hybridized carbons (Fsp3) is 0.111. The lowest BCUT2D eigenvalue weighted by molar-refractivity contribution is 0.615. The van der Waals surface area contributed by atoms with Crippen LogP contribution in [0.5, 0.6) is 0 Å². The van der Waals surface area contributed by atoms with Crippen molar-refractivity contribution in [3.63, 3.8) is 0 Å². The molecule has 0 fully saturated rings. The minimum Gasteiger partial charge on any atom is -0.464 e. The van der Waals surface area contributed by atoms with Gasteiger partial charge in [0.25, 0.3) is 5.56 Å². The van der Waals surface area contributed by atoms with Crippen molar-refractivity contribution in [1.82, 2.24) is 19.5 Å². The highest BCUT2D eigenvalue weighted by atomic mass is 16.3. The summed E-state index contributed by atoms with van der Waals surface area (Å²) in [7, 11) is 1.61. The van der Waals surface area contributed by atoms with Gasteiger partial charge in [-0.2, -0.15) is 0 Å². The Bertz CT molecular complexity index is 1180. The van der Waals surface area contributed by atoms with Gasteiger partial charge in [-0.3, -0.25) is 14.3 Å². The Balaban J connectivity index is 1.71. The van der Waals surface area contributed by atoms with Crippen LogP contribution in [0.3, 0.4) is 0 Å². The van der Waals surface area contributed by atoms with Gasteiger partial charge in [0.2, 0.25) is 0 Å². The molecule has 0 atom stereocenters. The third-order valence-corrected chi connectivity index (χ3v) is 4.22. The predicted octanol–water partition coefficient (Wildman–Crippen LogP) is 2.33. The number of fused-ring (bicyclic) bond motifs is 1. The van der Waals surface area contributed by atoms with Crippen molar-refractivity contribution >= 4 is 22.6 Å². The summed E-state index contributed by atoms with van der Waals surface area (Å²) < 4.78 is 6.75. The minimum absolute atomic E-state index is 0.402. The van der Waals surface area contributed by atoms with Crippen LogP contribution in [0.4, 0.5) is 11.6 Å². The average Bonchev–Trinajstić information content (AvgIpc) is 3.11. The van der Waals surface area contributed by atoms with Gasteiger partial charge in [0, 0.05) is 30.6 Å². The third-order valence-electron chi connectivity index (χ3n) is 4.22. The largest absolute Gasteiger partial charge is 0.464 e. The normalized spacial score (nSPS) is 11.0. The molecule has 8 heteroatoms. The van der Waals surface area contributed by atoms with Crippen LogP contribution in [0.1, 0.15) is 5.56 Å². The van der Waals surface area contributed by atoms with Crippen molar-refractivity contribution in [1.29, 1.82) is 0 Å². The first-order chi connectivity index (χ1) is 12.5. The van der Waals surface area contributed by atoms with E-state index in [2.05, 4.69) is 20.3 Å². The second kappa shape index (κ2) is 5.99. The molecule has 0 amide bonds. The Morgan fingerprint density at radius 3 is 2.77 bits per heavy atom. The first-order valence-electron chi connectivity index (χ1n) is 7.90. The molecule has 0 saturated heterocycles. The summed E-state index contributed by atoms with van der Waals surface area (Å²) in [4.78, 5) is 34.7. The van der Waals surface area contributed by atoms with E-state index in [4.69, 9.17) is 4.42 Å². The van der Waals surface area contributed by atoms with Crippen LogP contribution in [-0.4, -0.2) is 19.5 Å². The molecular weight excluding hydrogens is 334 g/mol. The highest BCUT2D eigenvalue weighted by Gasteiger charge is 2.12. The van der Waals surface area contributed by atoms with Gasteiger partial charge in [-0.15, -0.1) is 0 Å². The summed E-state index contributed by atoms with van der Waals surface area (Å²) in [6.45, 7) is 1.67. The molecule has 0 unspecified atom stereocenters. The van der Waals surface area contributed by atoms with Crippen LogP contribution < -0.4 is 16.6 Å². The molecule has 4 aromatic rings. The van der Waals surface area contributed by atoms with Gasteiger partial charge < -0.3 is 9.73 Å². The smallest absolute Gasteiger partial charge is 0.328 e. The summed E-state index contributed by atoms with van der Waals surface area (Å²) >= 11 is 0. The van der Waals surface area contributed by atoms with Crippen LogP contribution in [0.15, 0.2) is 56.9 Å². The van der Waals surface area contributed by atoms with Gasteiger partial charge in [0.1, 0.15) is 17.2 Å². The zero-order valence-corrected chi connectivity index (χ0v) is 14.1. The summed E-state index contributed by atoms with van der Waals surface area (Å²) in [5.74, 6) is 1.22. The maximum Gasteiger partial charge on any atom is 0.328 e. The standard InChI is InChI=1S/C18H15N5O3/c1-10-15(23(2)18(25)22-17(10)24)11-3-4-14(20-9-11)21-16-12-6-8-26-13(12)5-7-19-16/h3-9H,1-2H3,(H,19,20,21)(H,22,24,25). The SMILES string of the molecule is Cc1c(-c2ccc(Nc3nccc4occc34)nc2)n(C)c(=O)[nH]c1=O. The van der Waals surface area contributed by atoms with Crippen LogP contribution >= 0.6 is 0 Å². The summed E-state index contributed by atoms with van der Waals surface area (Å²) in [6.07, 6.45) is 4.86. The molecule has 0 saturated carbocycles. The Kier molecular flexibility index (Phi) is 3.65. The number of rotatable bonds is 3. The maximum atomic E-state index is 11.9. The first-order valence-corrected chi connectivity index (χ1v) is 7.90. The third kappa shape index (κ3) is 2.57. The van der Waals surface area contributed by atoms with E-state index in [0.29, 0.717) is 28.5 Å². The quantitative estimate of drug-likeness (QED) is 0.588. The van der Waals surface area contributed by atoms with Crippen molar-refractivity contribution in [2.24, 2.45) is 7.05 Å². The Morgan fingerprint density at radius 1 is 1.15 bits per heavy atom. The molecule has 0 aliphatic carbocycles. The molecule has 4 heterocycles. The van der Waals surface area contributed by atoms with Crippen LogP contribution in [-0.2, 0) is 7.05 Å². The molecule has 0 bridgehead atoms. The molecule has 4 rings (SSSR count). The van der Waals surface area contributed by atoms with E-state index in [1.165, 1.54) is 4.57 Å². The van der Waals surface area contributed by atoms with E-state index in [9.17, 15) is 9.59 Å². The lowest BCUT2D eigenvalue weighted by atomic mass is 10.1. The van der Waals surface area contributed by atoms with Crippen LogP contribution in [0, 0.1) is 6.92 Å². The predicted molar refractivity (Wildman–Crippen MR) is 97.6 cm³/mol. The zero-order chi connectivity index (χ0) is 18.3. The first kappa shape index (κ1) is 15.8. The fourth-order valence-corrected chi connectivity index (χ4v) is 2.87. The van der Waals surface area contributed by atoms with Gasteiger partial charge in [-0.05, 0) is 31.2 Å². The molecular formula is C18H15N5O3. The zero-order valence-electron chi connectivity index (χ0n) is 14.1. The Labute approximate surface area is 147 Å². The fourth-order valence-electron chi connectivity index (χ4n) is 2.87. The molecule has 0 spiro atoms. The number of furan rings is 1. The topological polar surface area (TPSA) is 106 Å². The van der Waals surface area contributed by atoms with E-state index in [1.54, 1.807) is 50.8 Å². The summed E-state index contributed by atoms with van der Waals surface area (Å²) in [6, 6.07) is 7.18. The van der Waals surface area contributed by atoms with Gasteiger partial charge >= 0.3 is 5.69 Å². The summed E-state index contributed by atoms with van der Waals surface area (Å²) in [5, 5.41) is 4.00. The van der Waals surface area contributed by atoms with Crippen LogP contribution in [0.25, 0.3) is 22.2 Å². The van der Waals surface area contributed by atoms with Crippen LogP contribution in [0.2, 0.25) is 0 Å². The minimum atomic E-state index is -0.464. The molecule has 0 aromatic carbocycles. The van der Waals surface area contributed by atoms with Crippen molar-refractivity contribution in [3.05, 3.63) is 69.3 Å². The van der Waals surface area contributed by atoms with Crippen molar-refractivity contribution < 1.29 is 4.42 Å². The highest BCUT2D eigenvalue weighted by molar-refractivity contribution is 5.89. The van der Waals surface area contributed by atoms with E-state index >= 15 is 0 Å². The monoisotopic (exact) mass is 349 g/mol. The molecule has 0 radical (unpaired) electrons. The molecule has 0 aliphatic rings. The van der Waals surface area contributed by atoms with E-state index in [-0.39, 0.29) is 0 Å². The highest BCUT2D eigenvalue weighted by Crippen LogP contribution is 2.25. The average molecular weight is 349 g/mol. The molecule has 26 heavy (non-hydrogen) atoms. The number of hydrogen-bond acceptors (Lipinski definition) is 6. The molecule has 2 N–H and O–H groups in total. The Morgan fingerprint density at radius 2 is 2.00 bits per heavy atom. The summed E-state index contributed by atoms with van der Waals surface area (Å²) in [5.41, 5.74) is 1.53. The van der Waals surface area contributed by atoms with E-state index in [0.717, 1.165) is 11.0 Å². The van der Waals surface area contributed by atoms with Crippen molar-refractivity contribution in [2.45, 2.75) is 6.92 Å². The molecule has 8 nitrogen and oxygen atoms in total. The second-order valence-corrected chi connectivity index (χ2v) is 5.84. The lowest BCUT2D eigenvalue weighted by Crippen LogP contribution is -2.31. The van der Waals surface area contributed by atoms with Gasteiger partial charge in [0.05, 0.1) is 17.3 Å². The molecule has 4 aromatic heterocycles. The van der Waals surface area contributed by atoms with Crippen molar-refractivity contribution in [2.75, 3.05) is 5.32 Å². The van der Waals surface area contributed by atoms with E-state index in [1.807, 2.05) is 6.07 Å². The lowest BCUT2D eigenvalue weighted by Gasteiger charge is -2.11. The number of nitrogens with one attached hydrogen (secondary N) is 2. The van der Waals surface area contributed by atoms with Crippen molar-refractivity contribution in [3.8, 4) is 11.3 Å². The molecule has 0 aliphatic heterocycles.